The summed E-state index contributed by atoms with van der Waals surface area (Å²) in [5.41, 5.74) is -3.75. The first-order chi connectivity index (χ1) is 19.0. The van der Waals surface area contributed by atoms with Gasteiger partial charge in [0.1, 0.15) is 0 Å². The minimum atomic E-state index is -4.88. The molecule has 1 amide bonds. The number of amides is 1. The highest BCUT2D eigenvalue weighted by atomic mass is 35.5. The molecule has 0 aromatic carbocycles. The Labute approximate surface area is 247 Å². The zero-order valence-electron chi connectivity index (χ0n) is 23.5. The highest BCUT2D eigenvalue weighted by Gasteiger charge is 2.57. The maximum Gasteiger partial charge on any atom is 0.433 e. The van der Waals surface area contributed by atoms with Gasteiger partial charge in [0.15, 0.2) is 5.69 Å². The van der Waals surface area contributed by atoms with Gasteiger partial charge in [-0.15, -0.1) is 0 Å². The van der Waals surface area contributed by atoms with Crippen LogP contribution in [0.5, 0.6) is 0 Å². The number of fused-ring (bicyclic) bond motifs is 3. The summed E-state index contributed by atoms with van der Waals surface area (Å²) in [6, 6.07) is 0. The number of nitrogens with zero attached hydrogens (tertiary/aromatic N) is 4. The molecule has 1 atom stereocenters. The van der Waals surface area contributed by atoms with E-state index >= 15 is 0 Å². The largest absolute Gasteiger partial charge is 0.466 e. The van der Waals surface area contributed by atoms with Crippen LogP contribution < -0.4 is 0 Å². The molecule has 3 aliphatic carbocycles. The second-order valence-corrected chi connectivity index (χ2v) is 13.1. The SMILES string of the molecule is CCOC(=O)C12CCC(n3ncc(C(=O)N(CC(O)c4c(Cl)cncc4Cl)CC(C)(C)C)c3C(F)(F)F)(CC1)CC2. The predicted octanol–water partition coefficient (Wildman–Crippen LogP) is 6.44. The van der Waals surface area contributed by atoms with Crippen LogP contribution in [0.4, 0.5) is 13.2 Å². The highest BCUT2D eigenvalue weighted by Crippen LogP contribution is 2.57. The second kappa shape index (κ2) is 11.4. The van der Waals surface area contributed by atoms with Crippen LogP contribution in [0.3, 0.4) is 0 Å². The molecule has 5 rings (SSSR count). The van der Waals surface area contributed by atoms with E-state index in [1.165, 1.54) is 17.3 Å². The lowest BCUT2D eigenvalue weighted by atomic mass is 9.57. The summed E-state index contributed by atoms with van der Waals surface area (Å²) in [6.07, 6.45) is -0.597. The molecule has 2 aromatic heterocycles. The van der Waals surface area contributed by atoms with E-state index in [2.05, 4.69) is 10.1 Å². The van der Waals surface area contributed by atoms with Crippen molar-refractivity contribution in [2.45, 2.75) is 84.0 Å². The van der Waals surface area contributed by atoms with E-state index in [1.54, 1.807) is 6.92 Å². The van der Waals surface area contributed by atoms with Crippen molar-refractivity contribution in [1.82, 2.24) is 19.7 Å². The Balaban J connectivity index is 1.69. The molecule has 0 spiro atoms. The number of ether oxygens (including phenoxy) is 1. The van der Waals surface area contributed by atoms with Crippen molar-refractivity contribution in [3.8, 4) is 0 Å². The molecule has 0 aliphatic heterocycles. The van der Waals surface area contributed by atoms with E-state index in [1.807, 2.05) is 20.8 Å². The predicted molar refractivity (Wildman–Crippen MR) is 147 cm³/mol. The van der Waals surface area contributed by atoms with Crippen LogP contribution >= 0.6 is 23.2 Å². The Morgan fingerprint density at radius 1 is 1.07 bits per heavy atom. The number of pyridine rings is 1. The van der Waals surface area contributed by atoms with Gasteiger partial charge in [-0.2, -0.15) is 18.3 Å². The molecular formula is C28H35Cl2F3N4O4. The van der Waals surface area contributed by atoms with E-state index < -0.39 is 45.8 Å². The molecule has 3 saturated carbocycles. The summed E-state index contributed by atoms with van der Waals surface area (Å²) in [5.74, 6) is -1.21. The molecule has 1 N–H and O–H groups in total. The third kappa shape index (κ3) is 6.22. The summed E-state index contributed by atoms with van der Waals surface area (Å²) in [7, 11) is 0. The van der Waals surface area contributed by atoms with Crippen LogP contribution in [0.2, 0.25) is 10.0 Å². The Hall–Kier alpha value is -2.37. The van der Waals surface area contributed by atoms with Gasteiger partial charge >= 0.3 is 12.1 Å². The van der Waals surface area contributed by atoms with Crippen LogP contribution in [0, 0.1) is 10.8 Å². The van der Waals surface area contributed by atoms with E-state index in [0.717, 1.165) is 10.9 Å². The normalized spacial score (nSPS) is 23.4. The molecule has 41 heavy (non-hydrogen) atoms. The van der Waals surface area contributed by atoms with Crippen LogP contribution in [0.25, 0.3) is 0 Å². The van der Waals surface area contributed by atoms with E-state index in [9.17, 15) is 27.9 Å². The number of halogens is 5. The summed E-state index contributed by atoms with van der Waals surface area (Å²) in [4.78, 5) is 31.5. The van der Waals surface area contributed by atoms with E-state index in [4.69, 9.17) is 27.9 Å². The van der Waals surface area contributed by atoms with Gasteiger partial charge in [0.2, 0.25) is 0 Å². The number of rotatable bonds is 8. The van der Waals surface area contributed by atoms with Crippen molar-refractivity contribution in [1.29, 1.82) is 0 Å². The number of aliphatic hydroxyl groups excluding tert-OH is 1. The third-order valence-electron chi connectivity index (χ3n) is 8.20. The van der Waals surface area contributed by atoms with Gasteiger partial charge in [0.05, 0.1) is 52.0 Å². The first kappa shape index (κ1) is 31.6. The molecular weight excluding hydrogens is 584 g/mol. The lowest BCUT2D eigenvalue weighted by molar-refractivity contribution is -0.168. The van der Waals surface area contributed by atoms with Gasteiger partial charge in [0, 0.05) is 24.5 Å². The summed E-state index contributed by atoms with van der Waals surface area (Å²) in [5, 5.41) is 15.3. The Bertz CT molecular complexity index is 1260. The maximum absolute atomic E-state index is 14.7. The smallest absolute Gasteiger partial charge is 0.433 e. The lowest BCUT2D eigenvalue weighted by Crippen LogP contribution is -2.52. The van der Waals surface area contributed by atoms with Gasteiger partial charge in [-0.25, -0.2) is 0 Å². The quantitative estimate of drug-likeness (QED) is 0.342. The topological polar surface area (TPSA) is 97.6 Å². The number of aliphatic hydroxyl groups is 1. The van der Waals surface area contributed by atoms with Gasteiger partial charge in [-0.3, -0.25) is 19.3 Å². The van der Waals surface area contributed by atoms with Gasteiger partial charge in [-0.1, -0.05) is 44.0 Å². The fourth-order valence-electron chi connectivity index (χ4n) is 6.21. The Morgan fingerprint density at radius 2 is 1.63 bits per heavy atom. The molecule has 3 fully saturated rings. The van der Waals surface area contributed by atoms with Gasteiger partial charge in [0.25, 0.3) is 5.91 Å². The molecule has 2 heterocycles. The third-order valence-corrected chi connectivity index (χ3v) is 8.80. The first-order valence-electron chi connectivity index (χ1n) is 13.6. The standard InChI is InChI=1S/C28H35Cl2F3N4O4/c1-5-41-24(40)26-6-9-27(10-7-26,11-8-26)37-22(28(31,32)33)17(12-35-37)23(39)36(16-25(2,3)4)15-20(38)21-18(29)13-34-14-19(21)30/h12-14,20,38H,5-11,15-16H2,1-4H3. The number of hydrogen-bond acceptors (Lipinski definition) is 6. The van der Waals surface area contributed by atoms with Crippen LogP contribution in [-0.4, -0.2) is 56.3 Å². The average molecular weight is 620 g/mol. The number of carbonyl (C=O) groups is 2. The van der Waals surface area contributed by atoms with E-state index in [-0.39, 0.29) is 41.3 Å². The lowest BCUT2D eigenvalue weighted by Gasteiger charge is -2.52. The number of aromatic nitrogens is 3. The Morgan fingerprint density at radius 3 is 2.12 bits per heavy atom. The molecule has 13 heteroatoms. The van der Waals surface area contributed by atoms with E-state index in [0.29, 0.717) is 38.5 Å². The number of alkyl halides is 3. The molecule has 0 saturated heterocycles. The number of esters is 1. The Kier molecular flexibility index (Phi) is 8.76. The van der Waals surface area contributed by atoms with Crippen molar-refractivity contribution in [2.75, 3.05) is 19.7 Å². The van der Waals surface area contributed by atoms with Crippen LogP contribution in [0.1, 0.15) is 93.9 Å². The minimum Gasteiger partial charge on any atom is -0.466 e. The first-order valence-corrected chi connectivity index (χ1v) is 14.4. The van der Waals surface area contributed by atoms with Crippen molar-refractivity contribution >= 4 is 35.1 Å². The molecule has 3 aliphatic rings. The highest BCUT2D eigenvalue weighted by molar-refractivity contribution is 6.35. The van der Waals surface area contributed by atoms with Crippen molar-refractivity contribution in [3.63, 3.8) is 0 Å². The van der Waals surface area contributed by atoms with Crippen molar-refractivity contribution < 1.29 is 32.6 Å². The van der Waals surface area contributed by atoms with Crippen LogP contribution in [-0.2, 0) is 21.2 Å². The zero-order chi connectivity index (χ0) is 30.4. The second-order valence-electron chi connectivity index (χ2n) is 12.3. The minimum absolute atomic E-state index is 0.0406. The van der Waals surface area contributed by atoms with Gasteiger partial charge < -0.3 is 14.7 Å². The van der Waals surface area contributed by atoms with Crippen molar-refractivity contribution in [2.24, 2.45) is 10.8 Å². The molecule has 2 bridgehead atoms. The molecule has 0 radical (unpaired) electrons. The van der Waals surface area contributed by atoms with Crippen molar-refractivity contribution in [3.05, 3.63) is 45.5 Å². The monoisotopic (exact) mass is 618 g/mol. The molecule has 1 unspecified atom stereocenters. The number of carbonyl (C=O) groups excluding carboxylic acids is 2. The molecule has 8 nitrogen and oxygen atoms in total. The fraction of sp³-hybridized carbons (Fsp3) is 0.643. The number of hydrogen-bond donors (Lipinski definition) is 1. The average Bonchev–Trinajstić information content (AvgIpc) is 3.35. The summed E-state index contributed by atoms with van der Waals surface area (Å²) in [6.45, 7) is 7.16. The molecule has 226 valence electrons. The maximum atomic E-state index is 14.7. The fourth-order valence-corrected chi connectivity index (χ4v) is 6.83. The summed E-state index contributed by atoms with van der Waals surface area (Å²) >= 11 is 12.4. The van der Waals surface area contributed by atoms with Gasteiger partial charge in [-0.05, 0) is 50.9 Å². The van der Waals surface area contributed by atoms with Crippen LogP contribution in [0.15, 0.2) is 18.6 Å². The zero-order valence-corrected chi connectivity index (χ0v) is 25.0. The molecule has 2 aromatic rings. The summed E-state index contributed by atoms with van der Waals surface area (Å²) < 4.78 is 50.4.